The Morgan fingerprint density at radius 2 is 1.88 bits per heavy atom. The molecule has 0 spiro atoms. The maximum absolute atomic E-state index is 12.3. The molecule has 0 fully saturated rings. The van der Waals surface area contributed by atoms with E-state index in [1.54, 1.807) is 12.5 Å². The fraction of sp³-hybridized carbons (Fsp3) is 0.130. The zero-order valence-electron chi connectivity index (χ0n) is 17.2. The van der Waals surface area contributed by atoms with E-state index in [0.717, 1.165) is 27.8 Å². The van der Waals surface area contributed by atoms with E-state index in [0.29, 0.717) is 30.4 Å². The number of imidazole rings is 1. The first kappa shape index (κ1) is 21.5. The van der Waals surface area contributed by atoms with Gasteiger partial charge in [0.05, 0.1) is 22.9 Å². The fourth-order valence-corrected chi connectivity index (χ4v) is 3.41. The highest BCUT2D eigenvalue weighted by atomic mass is 79.9. The van der Waals surface area contributed by atoms with Crippen LogP contribution in [0, 0.1) is 0 Å². The third kappa shape index (κ3) is 6.14. The molecular formula is C23H22BrN7O. The van der Waals surface area contributed by atoms with Gasteiger partial charge in [0, 0.05) is 36.7 Å². The molecular weight excluding hydrogens is 470 g/mol. The number of benzene rings is 2. The lowest BCUT2D eigenvalue weighted by atomic mass is 10.1. The van der Waals surface area contributed by atoms with Crippen LogP contribution in [0.1, 0.15) is 11.3 Å². The SMILES string of the molecule is O=C(Cc1ccccc1)Nc1cccc(Nc2ncc(Br)c(NCCc3c[nH]cn3)n2)c1. The Hall–Kier alpha value is -3.72. The average Bonchev–Trinajstić information content (AvgIpc) is 3.30. The van der Waals surface area contributed by atoms with Gasteiger partial charge in [-0.1, -0.05) is 36.4 Å². The summed E-state index contributed by atoms with van der Waals surface area (Å²) in [7, 11) is 0. The van der Waals surface area contributed by atoms with Crippen LogP contribution in [-0.2, 0) is 17.6 Å². The van der Waals surface area contributed by atoms with Gasteiger partial charge in [-0.05, 0) is 39.7 Å². The van der Waals surface area contributed by atoms with Gasteiger partial charge >= 0.3 is 0 Å². The molecule has 0 aliphatic rings. The van der Waals surface area contributed by atoms with E-state index in [2.05, 4.69) is 51.8 Å². The third-order valence-electron chi connectivity index (χ3n) is 4.58. The summed E-state index contributed by atoms with van der Waals surface area (Å²) in [5.41, 5.74) is 3.42. The molecule has 0 unspecified atom stereocenters. The molecule has 2 heterocycles. The van der Waals surface area contributed by atoms with Crippen LogP contribution in [0.25, 0.3) is 0 Å². The molecule has 0 atom stereocenters. The molecule has 0 saturated heterocycles. The second-order valence-corrected chi connectivity index (χ2v) is 7.90. The fourth-order valence-electron chi connectivity index (χ4n) is 3.08. The second kappa shape index (κ2) is 10.5. The molecule has 0 saturated carbocycles. The van der Waals surface area contributed by atoms with Crippen LogP contribution >= 0.6 is 15.9 Å². The number of hydrogen-bond acceptors (Lipinski definition) is 6. The van der Waals surface area contributed by atoms with Gasteiger partial charge in [0.2, 0.25) is 11.9 Å². The van der Waals surface area contributed by atoms with Crippen molar-refractivity contribution < 1.29 is 4.79 Å². The first-order valence-electron chi connectivity index (χ1n) is 10.1. The van der Waals surface area contributed by atoms with E-state index >= 15 is 0 Å². The lowest BCUT2D eigenvalue weighted by Crippen LogP contribution is -2.14. The molecule has 2 aromatic carbocycles. The first-order valence-corrected chi connectivity index (χ1v) is 10.9. The van der Waals surface area contributed by atoms with Gasteiger partial charge in [0.15, 0.2) is 0 Å². The van der Waals surface area contributed by atoms with Gasteiger partial charge in [-0.2, -0.15) is 4.98 Å². The van der Waals surface area contributed by atoms with Gasteiger partial charge in [0.25, 0.3) is 0 Å². The molecule has 0 bridgehead atoms. The Labute approximate surface area is 194 Å². The van der Waals surface area contributed by atoms with Crippen LogP contribution < -0.4 is 16.0 Å². The zero-order chi connectivity index (χ0) is 22.2. The van der Waals surface area contributed by atoms with Crippen molar-refractivity contribution in [1.29, 1.82) is 0 Å². The predicted octanol–water partition coefficient (Wildman–Crippen LogP) is 4.54. The lowest BCUT2D eigenvalue weighted by molar-refractivity contribution is -0.115. The minimum atomic E-state index is -0.0726. The van der Waals surface area contributed by atoms with E-state index in [1.165, 1.54) is 0 Å². The number of aromatic nitrogens is 4. The molecule has 2 aromatic heterocycles. The molecule has 4 aromatic rings. The number of nitrogens with one attached hydrogen (secondary N) is 4. The van der Waals surface area contributed by atoms with Crippen LogP contribution in [0.2, 0.25) is 0 Å². The van der Waals surface area contributed by atoms with Gasteiger partial charge in [-0.25, -0.2) is 9.97 Å². The van der Waals surface area contributed by atoms with E-state index in [4.69, 9.17) is 0 Å². The number of H-pyrrole nitrogens is 1. The highest BCUT2D eigenvalue weighted by Gasteiger charge is 2.08. The monoisotopic (exact) mass is 491 g/mol. The van der Waals surface area contributed by atoms with Crippen molar-refractivity contribution >= 4 is 45.0 Å². The van der Waals surface area contributed by atoms with Crippen LogP contribution in [-0.4, -0.2) is 32.4 Å². The minimum absolute atomic E-state index is 0.0726. The molecule has 4 rings (SSSR count). The molecule has 32 heavy (non-hydrogen) atoms. The number of anilines is 4. The molecule has 0 radical (unpaired) electrons. The zero-order valence-corrected chi connectivity index (χ0v) is 18.8. The van der Waals surface area contributed by atoms with Crippen molar-refractivity contribution in [3.05, 3.63) is 89.0 Å². The summed E-state index contributed by atoms with van der Waals surface area (Å²) in [6.07, 6.45) is 6.32. The minimum Gasteiger partial charge on any atom is -0.369 e. The van der Waals surface area contributed by atoms with Crippen LogP contribution in [0.3, 0.4) is 0 Å². The topological polar surface area (TPSA) is 108 Å². The highest BCUT2D eigenvalue weighted by molar-refractivity contribution is 9.10. The van der Waals surface area contributed by atoms with E-state index < -0.39 is 0 Å². The van der Waals surface area contributed by atoms with Gasteiger partial charge in [-0.3, -0.25) is 4.79 Å². The smallest absolute Gasteiger partial charge is 0.229 e. The predicted molar refractivity (Wildman–Crippen MR) is 129 cm³/mol. The Balaban J connectivity index is 1.36. The summed E-state index contributed by atoms with van der Waals surface area (Å²) >= 11 is 3.48. The number of hydrogen-bond donors (Lipinski definition) is 4. The van der Waals surface area contributed by atoms with Crippen LogP contribution in [0.15, 0.2) is 77.8 Å². The van der Waals surface area contributed by atoms with Crippen molar-refractivity contribution in [2.45, 2.75) is 12.8 Å². The van der Waals surface area contributed by atoms with Crippen molar-refractivity contribution in [1.82, 2.24) is 19.9 Å². The first-order chi connectivity index (χ1) is 15.7. The van der Waals surface area contributed by atoms with Crippen molar-refractivity contribution in [2.75, 3.05) is 22.5 Å². The number of amides is 1. The summed E-state index contributed by atoms with van der Waals surface area (Å²) in [5, 5.41) is 9.41. The summed E-state index contributed by atoms with van der Waals surface area (Å²) in [6.45, 7) is 0.683. The van der Waals surface area contributed by atoms with E-state index in [9.17, 15) is 4.79 Å². The number of aromatic amines is 1. The summed E-state index contributed by atoms with van der Waals surface area (Å²) in [6, 6.07) is 17.1. The average molecular weight is 492 g/mol. The Bertz CT molecular complexity index is 1170. The van der Waals surface area contributed by atoms with Crippen molar-refractivity contribution in [2.24, 2.45) is 0 Å². The van der Waals surface area contributed by atoms with Gasteiger partial charge in [-0.15, -0.1) is 0 Å². The standard InChI is InChI=1S/C23H22BrN7O/c24-20-14-27-23(31-22(20)26-10-9-19-13-25-15-28-19)30-18-8-4-7-17(12-18)29-21(32)11-16-5-2-1-3-6-16/h1-8,12-15H,9-11H2,(H,25,28)(H,29,32)(H2,26,27,30,31). The molecule has 0 aliphatic carbocycles. The molecule has 0 aliphatic heterocycles. The highest BCUT2D eigenvalue weighted by Crippen LogP contribution is 2.23. The number of nitrogens with zero attached hydrogens (tertiary/aromatic N) is 3. The Morgan fingerprint density at radius 1 is 1.03 bits per heavy atom. The number of halogens is 1. The number of carbonyl (C=O) groups is 1. The molecule has 8 nitrogen and oxygen atoms in total. The molecule has 1 amide bonds. The maximum atomic E-state index is 12.3. The lowest BCUT2D eigenvalue weighted by Gasteiger charge is -2.11. The van der Waals surface area contributed by atoms with Crippen molar-refractivity contribution in [3.8, 4) is 0 Å². The van der Waals surface area contributed by atoms with E-state index in [1.807, 2.05) is 60.8 Å². The summed E-state index contributed by atoms with van der Waals surface area (Å²) < 4.78 is 0.770. The summed E-state index contributed by atoms with van der Waals surface area (Å²) in [5.74, 6) is 1.06. The molecule has 9 heteroatoms. The normalized spacial score (nSPS) is 10.5. The number of rotatable bonds is 9. The van der Waals surface area contributed by atoms with Gasteiger partial charge in [0.1, 0.15) is 5.82 Å². The number of carbonyl (C=O) groups excluding carboxylic acids is 1. The maximum Gasteiger partial charge on any atom is 0.229 e. The molecule has 162 valence electrons. The quantitative estimate of drug-likeness (QED) is 0.273. The third-order valence-corrected chi connectivity index (χ3v) is 5.16. The Morgan fingerprint density at radius 3 is 2.69 bits per heavy atom. The van der Waals surface area contributed by atoms with Crippen molar-refractivity contribution in [3.63, 3.8) is 0 Å². The largest absolute Gasteiger partial charge is 0.369 e. The Kier molecular flexibility index (Phi) is 7.08. The van der Waals surface area contributed by atoms with Crippen LogP contribution in [0.5, 0.6) is 0 Å². The van der Waals surface area contributed by atoms with Gasteiger partial charge < -0.3 is 20.9 Å². The molecule has 4 N–H and O–H groups in total. The second-order valence-electron chi connectivity index (χ2n) is 7.04. The van der Waals surface area contributed by atoms with E-state index in [-0.39, 0.29) is 5.91 Å². The van der Waals surface area contributed by atoms with Crippen LogP contribution in [0.4, 0.5) is 23.1 Å². The summed E-state index contributed by atoms with van der Waals surface area (Å²) in [4.78, 5) is 28.4.